The van der Waals surface area contributed by atoms with Crippen LogP contribution in [0.2, 0.25) is 10.0 Å². The number of nitrogens with one attached hydrogen (secondary N) is 2. The molecule has 0 aliphatic carbocycles. The Morgan fingerprint density at radius 1 is 0.900 bits per heavy atom. The molecule has 2 N–H and O–H groups in total. The molecular weight excluding hydrogens is 445 g/mol. The van der Waals surface area contributed by atoms with Gasteiger partial charge in [-0.2, -0.15) is 5.26 Å². The average Bonchev–Trinajstić information content (AvgIpc) is 2.71. The number of sulfonamides is 1. The number of carbonyl (C=O) groups excluding carboxylic acids is 1. The molecule has 3 aromatic carbocycles. The zero-order valence-corrected chi connectivity index (χ0v) is 17.7. The zero-order chi connectivity index (χ0) is 21.7. The lowest BCUT2D eigenvalue weighted by atomic mass is 10.1. The van der Waals surface area contributed by atoms with Gasteiger partial charge in [0.2, 0.25) is 5.91 Å². The Morgan fingerprint density at radius 2 is 1.53 bits per heavy atom. The number of amides is 1. The molecule has 3 aromatic rings. The SMILES string of the molecule is N#Cc1ccc(NS(=O)(=O)c2ccc(NC(=O)Cc3ccc(Cl)c(Cl)c3)cc2)cc1. The molecule has 0 aliphatic heterocycles. The van der Waals surface area contributed by atoms with E-state index in [4.69, 9.17) is 28.5 Å². The molecule has 0 aromatic heterocycles. The monoisotopic (exact) mass is 459 g/mol. The summed E-state index contributed by atoms with van der Waals surface area (Å²) in [6, 6.07) is 18.7. The molecule has 152 valence electrons. The van der Waals surface area contributed by atoms with Crippen LogP contribution in [0.3, 0.4) is 0 Å². The van der Waals surface area contributed by atoms with E-state index in [1.54, 1.807) is 18.2 Å². The summed E-state index contributed by atoms with van der Waals surface area (Å²) in [7, 11) is -3.81. The molecule has 1 amide bonds. The maximum atomic E-state index is 12.5. The van der Waals surface area contributed by atoms with Crippen molar-refractivity contribution in [1.29, 1.82) is 5.26 Å². The van der Waals surface area contributed by atoms with Crippen molar-refractivity contribution in [2.75, 3.05) is 10.0 Å². The van der Waals surface area contributed by atoms with E-state index in [-0.39, 0.29) is 17.2 Å². The van der Waals surface area contributed by atoms with E-state index in [1.165, 1.54) is 48.5 Å². The van der Waals surface area contributed by atoms with Gasteiger partial charge in [0.1, 0.15) is 0 Å². The Balaban J connectivity index is 1.65. The fraction of sp³-hybridized carbons (Fsp3) is 0.0476. The van der Waals surface area contributed by atoms with Crippen LogP contribution in [0.25, 0.3) is 0 Å². The molecule has 0 spiro atoms. The Morgan fingerprint density at radius 3 is 2.13 bits per heavy atom. The van der Waals surface area contributed by atoms with Gasteiger partial charge in [-0.3, -0.25) is 9.52 Å². The minimum atomic E-state index is -3.81. The number of halogens is 2. The number of anilines is 2. The maximum absolute atomic E-state index is 12.5. The van der Waals surface area contributed by atoms with Crippen LogP contribution in [0.4, 0.5) is 11.4 Å². The number of hydrogen-bond acceptors (Lipinski definition) is 4. The van der Waals surface area contributed by atoms with Gasteiger partial charge in [-0.05, 0) is 66.2 Å². The van der Waals surface area contributed by atoms with Gasteiger partial charge in [-0.1, -0.05) is 29.3 Å². The second kappa shape index (κ2) is 9.18. The standard InChI is InChI=1S/C21H15Cl2N3O3S/c22-19-10-3-15(11-20(19)23)12-21(27)25-16-6-8-18(9-7-16)30(28,29)26-17-4-1-14(13-24)2-5-17/h1-11,26H,12H2,(H,25,27). The first-order valence-electron chi connectivity index (χ1n) is 8.64. The molecule has 0 aliphatic rings. The molecule has 9 heteroatoms. The summed E-state index contributed by atoms with van der Waals surface area (Å²) in [5.74, 6) is -0.278. The number of benzene rings is 3. The fourth-order valence-corrected chi connectivity index (χ4v) is 3.96. The highest BCUT2D eigenvalue weighted by Gasteiger charge is 2.14. The number of nitriles is 1. The van der Waals surface area contributed by atoms with Crippen LogP contribution in [0.1, 0.15) is 11.1 Å². The van der Waals surface area contributed by atoms with Crippen LogP contribution in [-0.2, 0) is 21.2 Å². The van der Waals surface area contributed by atoms with Crippen molar-refractivity contribution in [3.8, 4) is 6.07 Å². The molecule has 0 fully saturated rings. The van der Waals surface area contributed by atoms with Gasteiger partial charge in [0.05, 0.1) is 33.0 Å². The predicted molar refractivity (Wildman–Crippen MR) is 117 cm³/mol. The molecule has 0 saturated carbocycles. The van der Waals surface area contributed by atoms with E-state index in [2.05, 4.69) is 10.0 Å². The van der Waals surface area contributed by atoms with E-state index >= 15 is 0 Å². The Bertz CT molecular complexity index is 1220. The van der Waals surface area contributed by atoms with Gasteiger partial charge in [-0.25, -0.2) is 8.42 Å². The molecule has 0 heterocycles. The summed E-state index contributed by atoms with van der Waals surface area (Å²) in [6.45, 7) is 0. The molecule has 3 rings (SSSR count). The first-order valence-corrected chi connectivity index (χ1v) is 10.9. The van der Waals surface area contributed by atoms with Crippen molar-refractivity contribution in [2.45, 2.75) is 11.3 Å². The molecule has 30 heavy (non-hydrogen) atoms. The summed E-state index contributed by atoms with van der Waals surface area (Å²) in [5.41, 5.74) is 1.93. The van der Waals surface area contributed by atoms with Crippen LogP contribution in [0.5, 0.6) is 0 Å². The average molecular weight is 460 g/mol. The van der Waals surface area contributed by atoms with Crippen LogP contribution in [-0.4, -0.2) is 14.3 Å². The minimum absolute atomic E-state index is 0.0364. The quantitative estimate of drug-likeness (QED) is 0.550. The Labute approximate surface area is 184 Å². The molecule has 6 nitrogen and oxygen atoms in total. The van der Waals surface area contributed by atoms with Crippen molar-refractivity contribution >= 4 is 50.5 Å². The van der Waals surface area contributed by atoms with Gasteiger partial charge < -0.3 is 5.32 Å². The Hall–Kier alpha value is -3.05. The summed E-state index contributed by atoms with van der Waals surface area (Å²) >= 11 is 11.8. The molecule has 0 radical (unpaired) electrons. The van der Waals surface area contributed by atoms with E-state index in [1.807, 2.05) is 6.07 Å². The second-order valence-electron chi connectivity index (χ2n) is 6.29. The largest absolute Gasteiger partial charge is 0.326 e. The van der Waals surface area contributed by atoms with Gasteiger partial charge in [0, 0.05) is 11.4 Å². The van der Waals surface area contributed by atoms with Crippen molar-refractivity contribution < 1.29 is 13.2 Å². The highest BCUT2D eigenvalue weighted by Crippen LogP contribution is 2.23. The van der Waals surface area contributed by atoms with E-state index in [0.717, 1.165) is 0 Å². The predicted octanol–water partition coefficient (Wildman–Crippen LogP) is 4.85. The number of rotatable bonds is 6. The van der Waals surface area contributed by atoms with Crippen LogP contribution in [0, 0.1) is 11.3 Å². The topological polar surface area (TPSA) is 99.1 Å². The van der Waals surface area contributed by atoms with Crippen molar-refractivity contribution in [2.24, 2.45) is 0 Å². The zero-order valence-electron chi connectivity index (χ0n) is 15.4. The number of nitrogens with zero attached hydrogens (tertiary/aromatic N) is 1. The normalized spacial score (nSPS) is 10.8. The first-order chi connectivity index (χ1) is 14.3. The summed E-state index contributed by atoms with van der Waals surface area (Å²) in [5, 5.41) is 12.3. The van der Waals surface area contributed by atoms with Gasteiger partial charge in [-0.15, -0.1) is 0 Å². The second-order valence-corrected chi connectivity index (χ2v) is 8.79. The lowest BCUT2D eigenvalue weighted by Crippen LogP contribution is -2.15. The van der Waals surface area contributed by atoms with Gasteiger partial charge >= 0.3 is 0 Å². The van der Waals surface area contributed by atoms with Crippen molar-refractivity contribution in [3.63, 3.8) is 0 Å². The smallest absolute Gasteiger partial charge is 0.261 e. The van der Waals surface area contributed by atoms with E-state index in [9.17, 15) is 13.2 Å². The third-order valence-electron chi connectivity index (χ3n) is 4.06. The third kappa shape index (κ3) is 5.51. The summed E-state index contributed by atoms with van der Waals surface area (Å²) in [4.78, 5) is 12.2. The van der Waals surface area contributed by atoms with Crippen LogP contribution < -0.4 is 10.0 Å². The summed E-state index contributed by atoms with van der Waals surface area (Å²) in [6.07, 6.45) is 0.0944. The molecular formula is C21H15Cl2N3O3S. The number of hydrogen-bond donors (Lipinski definition) is 2. The maximum Gasteiger partial charge on any atom is 0.261 e. The molecule has 0 atom stereocenters. The van der Waals surface area contributed by atoms with Crippen LogP contribution in [0.15, 0.2) is 71.6 Å². The Kier molecular flexibility index (Phi) is 6.63. The highest BCUT2D eigenvalue weighted by molar-refractivity contribution is 7.92. The van der Waals surface area contributed by atoms with Crippen molar-refractivity contribution in [1.82, 2.24) is 0 Å². The summed E-state index contributed by atoms with van der Waals surface area (Å²) < 4.78 is 27.4. The molecule has 0 saturated heterocycles. The lowest BCUT2D eigenvalue weighted by molar-refractivity contribution is -0.115. The minimum Gasteiger partial charge on any atom is -0.326 e. The van der Waals surface area contributed by atoms with Gasteiger partial charge in [0.15, 0.2) is 0 Å². The molecule has 0 unspecified atom stereocenters. The first kappa shape index (κ1) is 21.7. The third-order valence-corrected chi connectivity index (χ3v) is 6.20. The molecule has 0 bridgehead atoms. The van der Waals surface area contributed by atoms with E-state index < -0.39 is 10.0 Å². The number of carbonyl (C=O) groups is 1. The lowest BCUT2D eigenvalue weighted by Gasteiger charge is -2.10. The fourth-order valence-electron chi connectivity index (χ4n) is 2.58. The van der Waals surface area contributed by atoms with Crippen LogP contribution >= 0.6 is 23.2 Å². The van der Waals surface area contributed by atoms with E-state index in [0.29, 0.717) is 32.5 Å². The van der Waals surface area contributed by atoms with Gasteiger partial charge in [0.25, 0.3) is 10.0 Å². The highest BCUT2D eigenvalue weighted by atomic mass is 35.5. The van der Waals surface area contributed by atoms with Crippen molar-refractivity contribution in [3.05, 3.63) is 87.9 Å².